The highest BCUT2D eigenvalue weighted by atomic mass is 14.5. The normalized spacial score (nSPS) is 12.4. The Morgan fingerprint density at radius 2 is 0.486 bits per heavy atom. The Balaban J connectivity index is 3.24. The monoisotopic (exact) mass is 522 g/mol. The predicted octanol–water partition coefficient (Wildman–Crippen LogP) is 13.1. The molecule has 0 radical (unpaired) electrons. The molecular weight excluding hydrogens is 446 g/mol. The van der Waals surface area contributed by atoms with Crippen molar-refractivity contribution < 1.29 is 0 Å². The van der Waals surface area contributed by atoms with E-state index in [1.807, 2.05) is 0 Å². The van der Waals surface area contributed by atoms with Crippen molar-refractivity contribution in [1.29, 1.82) is 0 Å². The van der Waals surface area contributed by atoms with Gasteiger partial charge in [0.2, 0.25) is 0 Å². The van der Waals surface area contributed by atoms with E-state index < -0.39 is 0 Å². The van der Waals surface area contributed by atoms with Crippen LogP contribution in [0.3, 0.4) is 0 Å². The summed E-state index contributed by atoms with van der Waals surface area (Å²) in [5.41, 5.74) is 6.09. The summed E-state index contributed by atoms with van der Waals surface area (Å²) in [5.74, 6) is 0.796. The van der Waals surface area contributed by atoms with E-state index in [2.05, 4.69) is 13.8 Å². The van der Waals surface area contributed by atoms with Crippen molar-refractivity contribution in [3.05, 3.63) is 0 Å². The molecule has 0 aromatic carbocycles. The van der Waals surface area contributed by atoms with Gasteiger partial charge >= 0.3 is 0 Å². The highest BCUT2D eigenvalue weighted by molar-refractivity contribution is 4.61. The molecular formula is C36H75N. The van der Waals surface area contributed by atoms with Gasteiger partial charge in [-0.15, -0.1) is 0 Å². The van der Waals surface area contributed by atoms with Gasteiger partial charge in [0.25, 0.3) is 0 Å². The molecule has 0 bridgehead atoms. The molecule has 0 spiro atoms. The highest BCUT2D eigenvalue weighted by Crippen LogP contribution is 2.19. The minimum atomic E-state index is 0.796. The first-order chi connectivity index (χ1) is 18.3. The largest absolute Gasteiger partial charge is 0.330 e. The first kappa shape index (κ1) is 37.0. The van der Waals surface area contributed by atoms with E-state index in [1.54, 1.807) is 0 Å². The van der Waals surface area contributed by atoms with E-state index >= 15 is 0 Å². The smallest absolute Gasteiger partial charge is 0.00489 e. The van der Waals surface area contributed by atoms with Crippen molar-refractivity contribution in [2.75, 3.05) is 6.54 Å². The van der Waals surface area contributed by atoms with Crippen LogP contribution in [0.5, 0.6) is 0 Å². The second kappa shape index (κ2) is 34.0. The Bertz CT molecular complexity index is 379. The molecule has 1 atom stereocenters. The predicted molar refractivity (Wildman–Crippen MR) is 172 cm³/mol. The van der Waals surface area contributed by atoms with Crippen LogP contribution in [0.2, 0.25) is 0 Å². The maximum absolute atomic E-state index is 6.09. The van der Waals surface area contributed by atoms with Gasteiger partial charge in [-0.05, 0) is 25.3 Å². The van der Waals surface area contributed by atoms with Gasteiger partial charge in [0.15, 0.2) is 0 Å². The third kappa shape index (κ3) is 32.1. The lowest BCUT2D eigenvalue weighted by molar-refractivity contribution is 0.409. The maximum Gasteiger partial charge on any atom is -0.00489 e. The summed E-state index contributed by atoms with van der Waals surface area (Å²) in [7, 11) is 0. The van der Waals surface area contributed by atoms with Crippen molar-refractivity contribution in [1.82, 2.24) is 0 Å². The zero-order valence-corrected chi connectivity index (χ0v) is 26.5. The van der Waals surface area contributed by atoms with E-state index in [0.29, 0.717) is 0 Å². The van der Waals surface area contributed by atoms with Crippen LogP contribution < -0.4 is 5.73 Å². The Labute approximate surface area is 237 Å². The lowest BCUT2D eigenvalue weighted by Gasteiger charge is -2.14. The van der Waals surface area contributed by atoms with Gasteiger partial charge in [0.05, 0.1) is 0 Å². The molecule has 0 heterocycles. The maximum atomic E-state index is 6.09. The number of rotatable bonds is 33. The third-order valence-corrected chi connectivity index (χ3v) is 8.77. The fraction of sp³-hybridized carbons (Fsp3) is 1.00. The van der Waals surface area contributed by atoms with Crippen molar-refractivity contribution in [2.45, 2.75) is 219 Å². The zero-order chi connectivity index (χ0) is 26.9. The fourth-order valence-electron chi connectivity index (χ4n) is 5.99. The number of hydrogen-bond acceptors (Lipinski definition) is 1. The molecule has 2 N–H and O–H groups in total. The molecule has 1 unspecified atom stereocenters. The van der Waals surface area contributed by atoms with Crippen LogP contribution in [0.1, 0.15) is 219 Å². The fourth-order valence-corrected chi connectivity index (χ4v) is 5.99. The second-order valence-electron chi connectivity index (χ2n) is 12.6. The van der Waals surface area contributed by atoms with Crippen LogP contribution in [0.4, 0.5) is 0 Å². The molecule has 0 saturated heterocycles. The SMILES string of the molecule is CCCCCCCCCCCCCCCCCCCCC(CN)CCCCCCCCCCCCCC. The molecule has 1 heteroatoms. The summed E-state index contributed by atoms with van der Waals surface area (Å²) in [6.07, 6.45) is 46.4. The lowest BCUT2D eigenvalue weighted by atomic mass is 9.94. The molecule has 0 aromatic heterocycles. The molecule has 0 aliphatic carbocycles. The first-order valence-electron chi connectivity index (χ1n) is 18.0. The van der Waals surface area contributed by atoms with Gasteiger partial charge in [-0.1, -0.05) is 206 Å². The van der Waals surface area contributed by atoms with E-state index in [0.717, 1.165) is 12.5 Å². The summed E-state index contributed by atoms with van der Waals surface area (Å²) >= 11 is 0. The van der Waals surface area contributed by atoms with Gasteiger partial charge in [0, 0.05) is 0 Å². The Hall–Kier alpha value is -0.0400. The molecule has 224 valence electrons. The van der Waals surface area contributed by atoms with Gasteiger partial charge in [0.1, 0.15) is 0 Å². The molecule has 0 aliphatic rings. The molecule has 0 aromatic rings. The van der Waals surface area contributed by atoms with Gasteiger partial charge in [-0.3, -0.25) is 0 Å². The number of unbranched alkanes of at least 4 members (excludes halogenated alkanes) is 28. The minimum Gasteiger partial charge on any atom is -0.330 e. The van der Waals surface area contributed by atoms with Crippen LogP contribution in [-0.2, 0) is 0 Å². The van der Waals surface area contributed by atoms with Crippen LogP contribution >= 0.6 is 0 Å². The number of hydrogen-bond donors (Lipinski definition) is 1. The van der Waals surface area contributed by atoms with Crippen LogP contribution in [-0.4, -0.2) is 6.54 Å². The van der Waals surface area contributed by atoms with E-state index in [1.165, 1.54) is 205 Å². The Morgan fingerprint density at radius 1 is 0.297 bits per heavy atom. The van der Waals surface area contributed by atoms with E-state index in [-0.39, 0.29) is 0 Å². The molecule has 37 heavy (non-hydrogen) atoms. The molecule has 0 amide bonds. The quantitative estimate of drug-likeness (QED) is 0.0853. The average molecular weight is 522 g/mol. The lowest BCUT2D eigenvalue weighted by Crippen LogP contribution is -2.14. The van der Waals surface area contributed by atoms with Crippen molar-refractivity contribution in [3.8, 4) is 0 Å². The summed E-state index contributed by atoms with van der Waals surface area (Å²) in [5, 5.41) is 0. The number of nitrogens with two attached hydrogens (primary N) is 1. The molecule has 0 fully saturated rings. The van der Waals surface area contributed by atoms with E-state index in [4.69, 9.17) is 5.73 Å². The van der Waals surface area contributed by atoms with Crippen molar-refractivity contribution in [3.63, 3.8) is 0 Å². The zero-order valence-electron chi connectivity index (χ0n) is 26.5. The molecule has 0 saturated carbocycles. The second-order valence-corrected chi connectivity index (χ2v) is 12.6. The van der Waals surface area contributed by atoms with Gasteiger partial charge in [-0.25, -0.2) is 0 Å². The topological polar surface area (TPSA) is 26.0 Å². The highest BCUT2D eigenvalue weighted by Gasteiger charge is 2.06. The summed E-state index contributed by atoms with van der Waals surface area (Å²) < 4.78 is 0. The summed E-state index contributed by atoms with van der Waals surface area (Å²) in [4.78, 5) is 0. The standard InChI is InChI=1S/C36H75N/c1-3-5-7-9-11-13-15-17-18-19-20-21-22-24-26-28-30-32-34-36(35-37)33-31-29-27-25-23-16-14-12-10-8-6-4-2/h36H,3-35,37H2,1-2H3. The Morgan fingerprint density at radius 3 is 0.676 bits per heavy atom. The summed E-state index contributed by atoms with van der Waals surface area (Å²) in [6, 6.07) is 0. The third-order valence-electron chi connectivity index (χ3n) is 8.77. The van der Waals surface area contributed by atoms with Crippen molar-refractivity contribution >= 4 is 0 Å². The molecule has 1 nitrogen and oxygen atoms in total. The van der Waals surface area contributed by atoms with Crippen molar-refractivity contribution in [2.24, 2.45) is 11.7 Å². The molecule has 0 rings (SSSR count). The van der Waals surface area contributed by atoms with Gasteiger partial charge in [-0.2, -0.15) is 0 Å². The molecule has 0 aliphatic heterocycles. The van der Waals surface area contributed by atoms with Gasteiger partial charge < -0.3 is 5.73 Å². The first-order valence-corrected chi connectivity index (χ1v) is 18.0. The van der Waals surface area contributed by atoms with Crippen LogP contribution in [0.15, 0.2) is 0 Å². The van der Waals surface area contributed by atoms with Crippen LogP contribution in [0.25, 0.3) is 0 Å². The van der Waals surface area contributed by atoms with Crippen LogP contribution in [0, 0.1) is 5.92 Å². The minimum absolute atomic E-state index is 0.796. The summed E-state index contributed by atoms with van der Waals surface area (Å²) in [6.45, 7) is 5.52. The Kier molecular flexibility index (Phi) is 34.0. The average Bonchev–Trinajstić information content (AvgIpc) is 2.91. The van der Waals surface area contributed by atoms with E-state index in [9.17, 15) is 0 Å².